The summed E-state index contributed by atoms with van der Waals surface area (Å²) in [5.41, 5.74) is 8.16. The van der Waals surface area contributed by atoms with Gasteiger partial charge >= 0.3 is 0 Å². The van der Waals surface area contributed by atoms with Crippen LogP contribution >= 0.6 is 11.6 Å². The molecule has 2 nitrogen and oxygen atoms in total. The smallest absolute Gasteiger partial charge is 0.0950 e. The maximum Gasteiger partial charge on any atom is 0.0950 e. The first-order chi connectivity index (χ1) is 7.25. The van der Waals surface area contributed by atoms with Crippen molar-refractivity contribution in [1.82, 2.24) is 0 Å². The van der Waals surface area contributed by atoms with Crippen LogP contribution in [0.25, 0.3) is 0 Å². The first-order valence-corrected chi connectivity index (χ1v) is 5.15. The molecule has 1 unspecified atom stereocenters. The van der Waals surface area contributed by atoms with Gasteiger partial charge in [0.05, 0.1) is 12.5 Å². The van der Waals surface area contributed by atoms with Crippen LogP contribution in [0.4, 0.5) is 0 Å². The van der Waals surface area contributed by atoms with Gasteiger partial charge in [-0.2, -0.15) is 0 Å². The van der Waals surface area contributed by atoms with Crippen molar-refractivity contribution in [1.29, 1.82) is 0 Å². The van der Waals surface area contributed by atoms with Crippen molar-refractivity contribution >= 4 is 11.6 Å². The molecule has 0 amide bonds. The lowest BCUT2D eigenvalue weighted by Crippen LogP contribution is -2.12. The molecule has 0 radical (unpaired) electrons. The highest BCUT2D eigenvalue weighted by Gasteiger charge is 2.08. The molecule has 3 heteroatoms. The van der Waals surface area contributed by atoms with E-state index in [4.69, 9.17) is 21.8 Å². The summed E-state index contributed by atoms with van der Waals surface area (Å²) in [4.78, 5) is 0. The van der Waals surface area contributed by atoms with E-state index < -0.39 is 0 Å². The maximum atomic E-state index is 6.02. The standard InChI is InChI=1S/C12H12ClNO/c13-11-3-1-2-9(6-11)7-12(14)10-4-5-15-8-10/h1-6,8,12H,7,14H2. The second kappa shape index (κ2) is 4.51. The molecule has 0 saturated carbocycles. The molecule has 1 aromatic carbocycles. The van der Waals surface area contributed by atoms with Gasteiger partial charge in [-0.15, -0.1) is 0 Å². The number of benzene rings is 1. The fraction of sp³-hybridized carbons (Fsp3) is 0.167. The normalized spacial score (nSPS) is 12.7. The molecular weight excluding hydrogens is 210 g/mol. The minimum atomic E-state index is -0.0396. The number of nitrogens with two attached hydrogens (primary N) is 1. The predicted octanol–water partition coefficient (Wildman–Crippen LogP) is 3.18. The average Bonchev–Trinajstić information content (AvgIpc) is 2.70. The summed E-state index contributed by atoms with van der Waals surface area (Å²) in [7, 11) is 0. The monoisotopic (exact) mass is 221 g/mol. The van der Waals surface area contributed by atoms with Crippen LogP contribution in [-0.2, 0) is 6.42 Å². The lowest BCUT2D eigenvalue weighted by Gasteiger charge is -2.09. The van der Waals surface area contributed by atoms with Crippen molar-refractivity contribution < 1.29 is 4.42 Å². The van der Waals surface area contributed by atoms with Crippen LogP contribution in [0.15, 0.2) is 47.3 Å². The fourth-order valence-corrected chi connectivity index (χ4v) is 1.73. The molecule has 2 rings (SSSR count). The molecule has 0 fully saturated rings. The predicted molar refractivity (Wildman–Crippen MR) is 60.8 cm³/mol. The SMILES string of the molecule is NC(Cc1cccc(Cl)c1)c1ccoc1. The van der Waals surface area contributed by atoms with Crippen LogP contribution in [0.5, 0.6) is 0 Å². The Kier molecular flexibility index (Phi) is 3.09. The van der Waals surface area contributed by atoms with Crippen LogP contribution in [-0.4, -0.2) is 0 Å². The Bertz CT molecular complexity index is 425. The second-order valence-electron chi connectivity index (χ2n) is 3.50. The molecular formula is C12H12ClNO. The van der Waals surface area contributed by atoms with Crippen molar-refractivity contribution in [3.05, 3.63) is 59.0 Å². The van der Waals surface area contributed by atoms with E-state index in [9.17, 15) is 0 Å². The number of halogens is 1. The molecule has 1 aromatic heterocycles. The van der Waals surface area contributed by atoms with Gasteiger partial charge in [-0.05, 0) is 30.2 Å². The lowest BCUT2D eigenvalue weighted by atomic mass is 10.0. The lowest BCUT2D eigenvalue weighted by molar-refractivity contribution is 0.558. The number of hydrogen-bond acceptors (Lipinski definition) is 2. The highest BCUT2D eigenvalue weighted by molar-refractivity contribution is 6.30. The summed E-state index contributed by atoms with van der Waals surface area (Å²) >= 11 is 5.89. The first kappa shape index (κ1) is 10.3. The Balaban J connectivity index is 2.09. The van der Waals surface area contributed by atoms with Gasteiger partial charge < -0.3 is 10.2 Å². The third kappa shape index (κ3) is 2.61. The van der Waals surface area contributed by atoms with Crippen molar-refractivity contribution in [3.8, 4) is 0 Å². The fourth-order valence-electron chi connectivity index (χ4n) is 1.52. The Morgan fingerprint density at radius 3 is 2.87 bits per heavy atom. The Morgan fingerprint density at radius 2 is 2.20 bits per heavy atom. The summed E-state index contributed by atoms with van der Waals surface area (Å²) in [5.74, 6) is 0. The zero-order valence-corrected chi connectivity index (χ0v) is 8.95. The van der Waals surface area contributed by atoms with Crippen LogP contribution in [0.1, 0.15) is 17.2 Å². The molecule has 1 atom stereocenters. The zero-order valence-electron chi connectivity index (χ0n) is 8.19. The van der Waals surface area contributed by atoms with Gasteiger partial charge in [0.15, 0.2) is 0 Å². The molecule has 0 bridgehead atoms. The van der Waals surface area contributed by atoms with Crippen molar-refractivity contribution in [2.24, 2.45) is 5.73 Å². The second-order valence-corrected chi connectivity index (χ2v) is 3.93. The Hall–Kier alpha value is -1.25. The van der Waals surface area contributed by atoms with Crippen LogP contribution in [0, 0.1) is 0 Å². The van der Waals surface area contributed by atoms with E-state index in [-0.39, 0.29) is 6.04 Å². The minimum absolute atomic E-state index is 0.0396. The van der Waals surface area contributed by atoms with E-state index in [1.165, 1.54) is 0 Å². The molecule has 78 valence electrons. The molecule has 2 N–H and O–H groups in total. The maximum absolute atomic E-state index is 6.02. The third-order valence-corrected chi connectivity index (χ3v) is 2.55. The number of hydrogen-bond donors (Lipinski definition) is 1. The molecule has 0 aliphatic carbocycles. The molecule has 0 aliphatic heterocycles. The van der Waals surface area contributed by atoms with Gasteiger partial charge in [0.2, 0.25) is 0 Å². The summed E-state index contributed by atoms with van der Waals surface area (Å²) in [6.07, 6.45) is 4.07. The molecule has 15 heavy (non-hydrogen) atoms. The van der Waals surface area contributed by atoms with E-state index in [2.05, 4.69) is 0 Å². The van der Waals surface area contributed by atoms with Crippen LogP contribution in [0.3, 0.4) is 0 Å². The summed E-state index contributed by atoms with van der Waals surface area (Å²) in [5, 5.41) is 0.742. The number of rotatable bonds is 3. The van der Waals surface area contributed by atoms with Gasteiger partial charge in [-0.1, -0.05) is 23.7 Å². The molecule has 0 spiro atoms. The average molecular weight is 222 g/mol. The van der Waals surface area contributed by atoms with Crippen LogP contribution < -0.4 is 5.73 Å². The highest BCUT2D eigenvalue weighted by Crippen LogP contribution is 2.18. The van der Waals surface area contributed by atoms with E-state index >= 15 is 0 Å². The minimum Gasteiger partial charge on any atom is -0.472 e. The summed E-state index contributed by atoms with van der Waals surface area (Å²) < 4.78 is 4.99. The topological polar surface area (TPSA) is 39.2 Å². The van der Waals surface area contributed by atoms with E-state index in [0.29, 0.717) is 0 Å². The first-order valence-electron chi connectivity index (χ1n) is 4.78. The van der Waals surface area contributed by atoms with Crippen molar-refractivity contribution in [3.63, 3.8) is 0 Å². The molecule has 0 saturated heterocycles. The molecule has 2 aromatic rings. The van der Waals surface area contributed by atoms with Gasteiger partial charge in [0.25, 0.3) is 0 Å². The van der Waals surface area contributed by atoms with E-state index in [1.54, 1.807) is 12.5 Å². The van der Waals surface area contributed by atoms with Gasteiger partial charge in [0.1, 0.15) is 0 Å². The highest BCUT2D eigenvalue weighted by atomic mass is 35.5. The summed E-state index contributed by atoms with van der Waals surface area (Å²) in [6, 6.07) is 9.58. The third-order valence-electron chi connectivity index (χ3n) is 2.32. The quantitative estimate of drug-likeness (QED) is 0.865. The summed E-state index contributed by atoms with van der Waals surface area (Å²) in [6.45, 7) is 0. The van der Waals surface area contributed by atoms with Crippen molar-refractivity contribution in [2.45, 2.75) is 12.5 Å². The Labute approximate surface area is 93.7 Å². The Morgan fingerprint density at radius 1 is 1.33 bits per heavy atom. The largest absolute Gasteiger partial charge is 0.472 e. The van der Waals surface area contributed by atoms with Gasteiger partial charge in [-0.25, -0.2) is 0 Å². The zero-order chi connectivity index (χ0) is 10.7. The van der Waals surface area contributed by atoms with Crippen molar-refractivity contribution in [2.75, 3.05) is 0 Å². The number of furan rings is 1. The van der Waals surface area contributed by atoms with E-state index in [0.717, 1.165) is 22.6 Å². The van der Waals surface area contributed by atoms with Gasteiger partial charge in [-0.3, -0.25) is 0 Å². The van der Waals surface area contributed by atoms with Gasteiger partial charge in [0, 0.05) is 16.6 Å². The molecule has 1 heterocycles. The van der Waals surface area contributed by atoms with Crippen LogP contribution in [0.2, 0.25) is 5.02 Å². The molecule has 0 aliphatic rings. The van der Waals surface area contributed by atoms with E-state index in [1.807, 2.05) is 30.3 Å².